The Labute approximate surface area is 245 Å². The first-order valence-corrected chi connectivity index (χ1v) is 12.5. The van der Waals surface area contributed by atoms with Crippen LogP contribution in [-0.2, 0) is 0 Å². The molecule has 4 aromatic carbocycles. The van der Waals surface area contributed by atoms with Gasteiger partial charge in [0.25, 0.3) is 0 Å². The molecule has 6 N–H and O–H groups in total. The van der Waals surface area contributed by atoms with Crippen LogP contribution in [0.5, 0.6) is 57.5 Å². The van der Waals surface area contributed by atoms with Gasteiger partial charge in [-0.05, 0) is 59.7 Å². The Kier molecular flexibility index (Phi) is 6.38. The highest BCUT2D eigenvalue weighted by molar-refractivity contribution is 6.52. The van der Waals surface area contributed by atoms with E-state index in [0.29, 0.717) is 0 Å². The van der Waals surface area contributed by atoms with Crippen molar-refractivity contribution >= 4 is 23.1 Å². The van der Waals surface area contributed by atoms with Gasteiger partial charge in [-0.2, -0.15) is 0 Å². The Balaban J connectivity index is 1.46. The van der Waals surface area contributed by atoms with Crippen molar-refractivity contribution in [3.8, 4) is 68.6 Å². The lowest BCUT2D eigenvalue weighted by atomic mass is 9.87. The quantitative estimate of drug-likeness (QED) is 0.101. The molecule has 0 bridgehead atoms. The summed E-state index contributed by atoms with van der Waals surface area (Å²) in [4.78, 5) is 53.6. The zero-order valence-electron chi connectivity index (χ0n) is 22.0. The number of ether oxygens (including phenoxy) is 4. The molecule has 0 fully saturated rings. The molecule has 2 aliphatic rings. The van der Waals surface area contributed by atoms with Crippen molar-refractivity contribution in [3.63, 3.8) is 0 Å². The number of Topliss-reactive ketones (excluding diaryl/α,β-unsaturated/α-hetero) is 4. The van der Waals surface area contributed by atoms with Gasteiger partial charge in [-0.15, -0.1) is 0 Å². The van der Waals surface area contributed by atoms with Crippen LogP contribution in [0.4, 0.5) is 0 Å². The van der Waals surface area contributed by atoms with E-state index in [4.69, 9.17) is 18.9 Å². The number of phenols is 6. The molecule has 0 spiro atoms. The van der Waals surface area contributed by atoms with Crippen LogP contribution in [0.1, 0.15) is 41.4 Å². The molecule has 222 valence electrons. The minimum atomic E-state index is -1.30. The molecule has 0 atom stereocenters. The summed E-state index contributed by atoms with van der Waals surface area (Å²) in [6.07, 6.45) is 0. The van der Waals surface area contributed by atoms with Crippen LogP contribution in [0.3, 0.4) is 0 Å². The first-order chi connectivity index (χ1) is 20.9. The Morgan fingerprint density at radius 3 is 1.18 bits per heavy atom. The van der Waals surface area contributed by atoms with E-state index in [1.165, 1.54) is 0 Å². The predicted molar refractivity (Wildman–Crippen MR) is 144 cm³/mol. The third-order valence-electron chi connectivity index (χ3n) is 6.85. The van der Waals surface area contributed by atoms with Gasteiger partial charge in [0.2, 0.25) is 48.2 Å². The lowest BCUT2D eigenvalue weighted by Crippen LogP contribution is -2.18. The van der Waals surface area contributed by atoms with Gasteiger partial charge in [-0.1, -0.05) is 0 Å². The minimum absolute atomic E-state index is 0.0145. The molecule has 6 rings (SSSR count). The third-order valence-corrected chi connectivity index (χ3v) is 6.85. The fourth-order valence-electron chi connectivity index (χ4n) is 4.73. The highest BCUT2D eigenvalue weighted by Crippen LogP contribution is 2.44. The first-order valence-electron chi connectivity index (χ1n) is 12.5. The van der Waals surface area contributed by atoms with Gasteiger partial charge in [-0.3, -0.25) is 19.2 Å². The third kappa shape index (κ3) is 4.46. The molecule has 14 nitrogen and oxygen atoms in total. The van der Waals surface area contributed by atoms with Gasteiger partial charge in [0.15, 0.2) is 46.0 Å². The fourth-order valence-corrected chi connectivity index (χ4v) is 4.73. The highest BCUT2D eigenvalue weighted by Gasteiger charge is 2.32. The minimum Gasteiger partial charge on any atom is -0.504 e. The van der Waals surface area contributed by atoms with Crippen molar-refractivity contribution in [1.29, 1.82) is 0 Å². The van der Waals surface area contributed by atoms with Crippen LogP contribution in [0.15, 0.2) is 48.5 Å². The maximum atomic E-state index is 13.5. The predicted octanol–water partition coefficient (Wildman–Crippen LogP) is 3.18. The highest BCUT2D eigenvalue weighted by atomic mass is 16.7. The largest absolute Gasteiger partial charge is 0.504 e. The number of hydrogen-bond donors (Lipinski definition) is 6. The van der Waals surface area contributed by atoms with Gasteiger partial charge in [-0.25, -0.2) is 0 Å². The van der Waals surface area contributed by atoms with Gasteiger partial charge in [0.1, 0.15) is 0 Å². The second-order valence-corrected chi connectivity index (χ2v) is 9.55. The number of carbonyl (C=O) groups is 4. The number of aromatic hydroxyl groups is 6. The van der Waals surface area contributed by atoms with Gasteiger partial charge in [0.05, 0.1) is 0 Å². The Morgan fingerprint density at radius 2 is 0.795 bits per heavy atom. The monoisotopic (exact) mass is 602 g/mol. The van der Waals surface area contributed by atoms with Gasteiger partial charge >= 0.3 is 0 Å². The van der Waals surface area contributed by atoms with Crippen molar-refractivity contribution in [1.82, 2.24) is 0 Å². The second-order valence-electron chi connectivity index (χ2n) is 9.55. The lowest BCUT2D eigenvalue weighted by molar-refractivity contribution is 0.0815. The van der Waals surface area contributed by atoms with E-state index in [1.807, 2.05) is 0 Å². The number of rotatable bonds is 7. The molecule has 0 saturated heterocycles. The van der Waals surface area contributed by atoms with Crippen LogP contribution in [-0.4, -0.2) is 67.4 Å². The smallest absolute Gasteiger partial charge is 0.234 e. The molecular weight excluding hydrogens is 584 g/mol. The fraction of sp³-hybridized carbons (Fsp3) is 0.0667. The number of carbonyl (C=O) groups excluding carboxylic acids is 4. The second kappa shape index (κ2) is 10.1. The van der Waals surface area contributed by atoms with Crippen molar-refractivity contribution < 1.29 is 68.8 Å². The molecule has 0 unspecified atom stereocenters. The van der Waals surface area contributed by atoms with Crippen LogP contribution in [0, 0.1) is 0 Å². The number of phenolic OH excluding ortho intramolecular Hbond substituents is 6. The van der Waals surface area contributed by atoms with Crippen molar-refractivity contribution in [3.05, 3.63) is 70.8 Å². The van der Waals surface area contributed by atoms with Crippen LogP contribution in [0.25, 0.3) is 11.1 Å². The maximum Gasteiger partial charge on any atom is 0.234 e. The van der Waals surface area contributed by atoms with E-state index in [9.17, 15) is 49.8 Å². The molecule has 0 saturated carbocycles. The summed E-state index contributed by atoms with van der Waals surface area (Å²) in [6.45, 7) is -0.480. The lowest BCUT2D eigenvalue weighted by Gasteiger charge is -2.15. The Bertz CT molecular complexity index is 1820. The molecule has 14 heteroatoms. The summed E-state index contributed by atoms with van der Waals surface area (Å²) in [5, 5.41) is 61.4. The average Bonchev–Trinajstić information content (AvgIpc) is 3.68. The molecule has 2 heterocycles. The molecule has 0 aliphatic carbocycles. The number of ketones is 4. The SMILES string of the molecule is O=C(C(=O)c1cc(O)c(O)cc1-c1cc(O)c(O)cc1C(=O)C(=O)c1cc(O)c2c(c1)OCO2)c1cc(O)c2c(c1)OCO2. The number of hydrogen-bond acceptors (Lipinski definition) is 14. The normalized spacial score (nSPS) is 12.6. The summed E-state index contributed by atoms with van der Waals surface area (Å²) < 4.78 is 20.5. The van der Waals surface area contributed by atoms with Crippen molar-refractivity contribution in [2.75, 3.05) is 13.6 Å². The molecule has 44 heavy (non-hydrogen) atoms. The van der Waals surface area contributed by atoms with E-state index in [1.54, 1.807) is 0 Å². The molecule has 4 aromatic rings. The molecule has 0 amide bonds. The summed E-state index contributed by atoms with van der Waals surface area (Å²) in [5.41, 5.74) is -2.65. The topological polar surface area (TPSA) is 227 Å². The standard InChI is InChI=1S/C30H18O14/c31-17-5-13(15(7-19(17)33)27(39)25(37)11-1-21(35)29-23(3-11)41-9-43-29)14-6-18(32)20(34)8-16(14)28(40)26(38)12-2-22(36)30-24(4-12)42-10-44-30/h1-8,31-36H,9-10H2. The summed E-state index contributed by atoms with van der Waals surface area (Å²) in [7, 11) is 0. The first kappa shape index (κ1) is 27.7. The van der Waals surface area contributed by atoms with Crippen LogP contribution >= 0.6 is 0 Å². The van der Waals surface area contributed by atoms with E-state index in [-0.39, 0.29) is 47.7 Å². The molecule has 0 radical (unpaired) electrons. The van der Waals surface area contributed by atoms with E-state index >= 15 is 0 Å². The summed E-state index contributed by atoms with van der Waals surface area (Å²) in [6, 6.07) is 7.27. The van der Waals surface area contributed by atoms with E-state index in [0.717, 1.165) is 48.5 Å². The zero-order chi connectivity index (χ0) is 31.4. The average molecular weight is 602 g/mol. The van der Waals surface area contributed by atoms with Gasteiger partial charge in [0, 0.05) is 22.3 Å². The van der Waals surface area contributed by atoms with Gasteiger partial charge < -0.3 is 49.6 Å². The molecule has 2 aliphatic heterocycles. The van der Waals surface area contributed by atoms with Crippen molar-refractivity contribution in [2.24, 2.45) is 0 Å². The van der Waals surface area contributed by atoms with E-state index < -0.39 is 79.9 Å². The number of benzene rings is 4. The van der Waals surface area contributed by atoms with Crippen LogP contribution < -0.4 is 18.9 Å². The summed E-state index contributed by atoms with van der Waals surface area (Å²) >= 11 is 0. The van der Waals surface area contributed by atoms with Crippen LogP contribution in [0.2, 0.25) is 0 Å². The molecular formula is C30H18O14. The van der Waals surface area contributed by atoms with Crippen molar-refractivity contribution in [2.45, 2.75) is 0 Å². The maximum absolute atomic E-state index is 13.5. The number of fused-ring (bicyclic) bond motifs is 2. The zero-order valence-corrected chi connectivity index (χ0v) is 22.0. The summed E-state index contributed by atoms with van der Waals surface area (Å²) in [5.74, 6) is -9.39. The molecule has 0 aromatic heterocycles. The van der Waals surface area contributed by atoms with E-state index in [2.05, 4.69) is 0 Å². The Morgan fingerprint density at radius 1 is 0.432 bits per heavy atom. The Hall–Kier alpha value is -6.44.